The van der Waals surface area contributed by atoms with Gasteiger partial charge >= 0.3 is 6.09 Å². The van der Waals surface area contributed by atoms with E-state index in [1.54, 1.807) is 11.1 Å². The first-order valence-electron chi connectivity index (χ1n) is 10.6. The van der Waals surface area contributed by atoms with Crippen LogP contribution in [0.3, 0.4) is 0 Å². The first-order chi connectivity index (χ1) is 15.5. The molecular weight excluding hydrogens is 432 g/mol. The molecule has 1 saturated heterocycles. The van der Waals surface area contributed by atoms with Gasteiger partial charge in [0.1, 0.15) is 11.3 Å². The lowest BCUT2D eigenvalue weighted by Gasteiger charge is -2.34. The van der Waals surface area contributed by atoms with Crippen molar-refractivity contribution in [1.82, 2.24) is 14.8 Å². The Morgan fingerprint density at radius 1 is 1.16 bits per heavy atom. The SMILES string of the molecule is O=C(O)N1CCc2oc3cc(N4CCN(CCc5ccc(Cl)cn5)CC4=O)ccc3c2C1. The van der Waals surface area contributed by atoms with Gasteiger partial charge in [-0.1, -0.05) is 11.6 Å². The number of piperazine rings is 1. The molecule has 5 rings (SSSR count). The van der Waals surface area contributed by atoms with Gasteiger partial charge in [-0.25, -0.2) is 4.79 Å². The van der Waals surface area contributed by atoms with Crippen LogP contribution in [0.2, 0.25) is 5.02 Å². The Morgan fingerprint density at radius 2 is 2.03 bits per heavy atom. The molecule has 4 heterocycles. The Kier molecular flexibility index (Phi) is 5.48. The fourth-order valence-electron chi connectivity index (χ4n) is 4.41. The standard InChI is InChI=1S/C23H23ClN4O4/c24-15-1-2-16(25-12-15)5-7-26-9-10-28(22(29)14-26)17-3-4-18-19-13-27(23(30)31)8-6-20(19)32-21(18)11-17/h1-4,11-12H,5-10,13-14H2,(H,30,31). The van der Waals surface area contributed by atoms with Crippen LogP contribution in [0, 0.1) is 0 Å². The summed E-state index contributed by atoms with van der Waals surface area (Å²) in [6.45, 7) is 3.26. The van der Waals surface area contributed by atoms with Crippen LogP contribution < -0.4 is 4.90 Å². The van der Waals surface area contributed by atoms with Crippen LogP contribution in [0.1, 0.15) is 17.0 Å². The van der Waals surface area contributed by atoms with Crippen molar-refractivity contribution in [2.24, 2.45) is 0 Å². The van der Waals surface area contributed by atoms with Gasteiger partial charge in [-0.15, -0.1) is 0 Å². The number of benzene rings is 1. The number of rotatable bonds is 4. The Labute approximate surface area is 190 Å². The van der Waals surface area contributed by atoms with Crippen molar-refractivity contribution in [2.75, 3.05) is 37.6 Å². The van der Waals surface area contributed by atoms with Crippen LogP contribution in [-0.2, 0) is 24.2 Å². The minimum absolute atomic E-state index is 0.0491. The lowest BCUT2D eigenvalue weighted by molar-refractivity contribution is -0.121. The lowest BCUT2D eigenvalue weighted by Crippen LogP contribution is -2.50. The summed E-state index contributed by atoms with van der Waals surface area (Å²) in [6, 6.07) is 9.49. The summed E-state index contributed by atoms with van der Waals surface area (Å²) in [7, 11) is 0. The Balaban J connectivity index is 1.26. The lowest BCUT2D eigenvalue weighted by atomic mass is 10.0. The summed E-state index contributed by atoms with van der Waals surface area (Å²) in [5.74, 6) is 0.884. The summed E-state index contributed by atoms with van der Waals surface area (Å²) in [5, 5.41) is 10.8. The first-order valence-corrected chi connectivity index (χ1v) is 11.0. The molecule has 8 nitrogen and oxygen atoms in total. The number of amides is 2. The number of hydrogen-bond donors (Lipinski definition) is 1. The Morgan fingerprint density at radius 3 is 2.78 bits per heavy atom. The molecule has 1 aromatic carbocycles. The molecule has 0 aliphatic carbocycles. The molecule has 32 heavy (non-hydrogen) atoms. The van der Waals surface area contributed by atoms with Gasteiger partial charge in [-0.2, -0.15) is 0 Å². The van der Waals surface area contributed by atoms with E-state index in [0.717, 1.165) is 47.6 Å². The largest absolute Gasteiger partial charge is 0.465 e. The zero-order chi connectivity index (χ0) is 22.2. The fraction of sp³-hybridized carbons (Fsp3) is 0.348. The molecule has 2 aliphatic heterocycles. The van der Waals surface area contributed by atoms with Gasteiger partial charge in [0.25, 0.3) is 0 Å². The van der Waals surface area contributed by atoms with Crippen LogP contribution in [0.5, 0.6) is 0 Å². The molecule has 0 radical (unpaired) electrons. The highest BCUT2D eigenvalue weighted by Gasteiger charge is 2.28. The van der Waals surface area contributed by atoms with Crippen molar-refractivity contribution >= 4 is 40.3 Å². The number of nitrogens with zero attached hydrogens (tertiary/aromatic N) is 4. The van der Waals surface area contributed by atoms with Gasteiger partial charge in [0.05, 0.1) is 18.1 Å². The van der Waals surface area contributed by atoms with Crippen LogP contribution in [0.25, 0.3) is 11.0 Å². The third-order valence-corrected chi connectivity index (χ3v) is 6.40. The fourth-order valence-corrected chi connectivity index (χ4v) is 4.53. The molecule has 0 bridgehead atoms. The average Bonchev–Trinajstić information content (AvgIpc) is 3.15. The second kappa shape index (κ2) is 8.44. The Bertz CT molecular complexity index is 1180. The van der Waals surface area contributed by atoms with Gasteiger partial charge in [-0.3, -0.25) is 14.7 Å². The quantitative estimate of drug-likeness (QED) is 0.649. The predicted molar refractivity (Wildman–Crippen MR) is 120 cm³/mol. The van der Waals surface area contributed by atoms with Gasteiger partial charge in [0.2, 0.25) is 5.91 Å². The molecule has 2 aromatic heterocycles. The van der Waals surface area contributed by atoms with Gasteiger partial charge in [-0.05, 0) is 24.3 Å². The number of carbonyl (C=O) groups is 2. The molecule has 0 atom stereocenters. The van der Waals surface area contributed by atoms with Crippen molar-refractivity contribution in [3.05, 3.63) is 58.6 Å². The number of furan rings is 1. The molecule has 9 heteroatoms. The van der Waals surface area contributed by atoms with Crippen molar-refractivity contribution in [3.8, 4) is 0 Å². The van der Waals surface area contributed by atoms with E-state index in [1.807, 2.05) is 30.3 Å². The number of pyridine rings is 1. The van der Waals surface area contributed by atoms with E-state index >= 15 is 0 Å². The van der Waals surface area contributed by atoms with E-state index in [-0.39, 0.29) is 5.91 Å². The molecule has 0 spiro atoms. The zero-order valence-corrected chi connectivity index (χ0v) is 18.2. The van der Waals surface area contributed by atoms with E-state index in [4.69, 9.17) is 16.0 Å². The van der Waals surface area contributed by atoms with E-state index < -0.39 is 6.09 Å². The van der Waals surface area contributed by atoms with Crippen molar-refractivity contribution < 1.29 is 19.1 Å². The second-order valence-corrected chi connectivity index (χ2v) is 8.61. The van der Waals surface area contributed by atoms with E-state index in [0.29, 0.717) is 43.2 Å². The van der Waals surface area contributed by atoms with Crippen molar-refractivity contribution in [1.29, 1.82) is 0 Å². The maximum Gasteiger partial charge on any atom is 0.407 e. The maximum absolute atomic E-state index is 12.9. The van der Waals surface area contributed by atoms with Gasteiger partial charge in [0.15, 0.2) is 0 Å². The first kappa shape index (κ1) is 20.8. The summed E-state index contributed by atoms with van der Waals surface area (Å²) < 4.78 is 6.02. The molecule has 3 aromatic rings. The highest BCUT2D eigenvalue weighted by atomic mass is 35.5. The van der Waals surface area contributed by atoms with E-state index in [2.05, 4.69) is 9.88 Å². The molecule has 0 unspecified atom stereocenters. The van der Waals surface area contributed by atoms with Crippen molar-refractivity contribution in [2.45, 2.75) is 19.4 Å². The molecule has 0 saturated carbocycles. The topological polar surface area (TPSA) is 90.1 Å². The zero-order valence-electron chi connectivity index (χ0n) is 17.5. The Hall–Kier alpha value is -3.10. The summed E-state index contributed by atoms with van der Waals surface area (Å²) in [5.41, 5.74) is 3.39. The van der Waals surface area contributed by atoms with Crippen molar-refractivity contribution in [3.63, 3.8) is 0 Å². The number of aromatic nitrogens is 1. The highest BCUT2D eigenvalue weighted by Crippen LogP contribution is 2.33. The third kappa shape index (κ3) is 4.03. The number of carboxylic acid groups (broad SMARTS) is 1. The predicted octanol–water partition coefficient (Wildman–Crippen LogP) is 3.41. The summed E-state index contributed by atoms with van der Waals surface area (Å²) >= 11 is 5.88. The number of carbonyl (C=O) groups excluding carboxylic acids is 1. The number of fused-ring (bicyclic) bond motifs is 3. The van der Waals surface area contributed by atoms with Crippen LogP contribution >= 0.6 is 11.6 Å². The van der Waals surface area contributed by atoms with Crippen LogP contribution in [0.4, 0.5) is 10.5 Å². The third-order valence-electron chi connectivity index (χ3n) is 6.17. The normalized spacial score (nSPS) is 17.1. The number of hydrogen-bond acceptors (Lipinski definition) is 5. The average molecular weight is 455 g/mol. The van der Waals surface area contributed by atoms with Gasteiger partial charge < -0.3 is 19.3 Å². The van der Waals surface area contributed by atoms with Crippen LogP contribution in [0.15, 0.2) is 40.9 Å². The molecule has 166 valence electrons. The molecule has 1 N–H and O–H groups in total. The second-order valence-electron chi connectivity index (χ2n) is 8.18. The monoisotopic (exact) mass is 454 g/mol. The highest BCUT2D eigenvalue weighted by molar-refractivity contribution is 6.30. The number of anilines is 1. The number of halogens is 1. The molecular formula is C23H23ClN4O4. The maximum atomic E-state index is 12.9. The van der Waals surface area contributed by atoms with Crippen LogP contribution in [-0.4, -0.2) is 64.6 Å². The minimum Gasteiger partial charge on any atom is -0.465 e. The van der Waals surface area contributed by atoms with Gasteiger partial charge in [0, 0.05) is 73.6 Å². The summed E-state index contributed by atoms with van der Waals surface area (Å²) in [6.07, 6.45) is 2.05. The van der Waals surface area contributed by atoms with E-state index in [1.165, 1.54) is 4.90 Å². The smallest absolute Gasteiger partial charge is 0.407 e. The minimum atomic E-state index is -0.920. The molecule has 2 amide bonds. The molecule has 1 fully saturated rings. The van der Waals surface area contributed by atoms with E-state index in [9.17, 15) is 14.7 Å². The summed E-state index contributed by atoms with van der Waals surface area (Å²) in [4.78, 5) is 33.8. The molecule has 2 aliphatic rings.